The lowest BCUT2D eigenvalue weighted by Gasteiger charge is -2.21. The van der Waals surface area contributed by atoms with Crippen LogP contribution in [0.5, 0.6) is 0 Å². The Labute approximate surface area is 143 Å². The Hall–Kier alpha value is -2.14. The van der Waals surface area contributed by atoms with Crippen molar-refractivity contribution in [2.24, 2.45) is 0 Å². The maximum absolute atomic E-state index is 12.2. The number of nitrogens with zero attached hydrogens (tertiary/aromatic N) is 2. The summed E-state index contributed by atoms with van der Waals surface area (Å²) in [5.74, 6) is -0.112. The fourth-order valence-electron chi connectivity index (χ4n) is 3.25. The third kappa shape index (κ3) is 3.85. The quantitative estimate of drug-likeness (QED) is 0.909. The summed E-state index contributed by atoms with van der Waals surface area (Å²) < 4.78 is 7.60. The topological polar surface area (TPSA) is 56.2 Å². The molecule has 1 aliphatic carbocycles. The first-order chi connectivity index (χ1) is 11.6. The molecule has 0 unspecified atom stereocenters. The van der Waals surface area contributed by atoms with Gasteiger partial charge in [0.2, 0.25) is 5.91 Å². The average molecular weight is 327 g/mol. The summed E-state index contributed by atoms with van der Waals surface area (Å²) >= 11 is 0. The summed E-state index contributed by atoms with van der Waals surface area (Å²) in [6.45, 7) is 3.98. The van der Waals surface area contributed by atoms with Gasteiger partial charge in [0.1, 0.15) is 6.61 Å². The van der Waals surface area contributed by atoms with Crippen LogP contribution in [0.3, 0.4) is 0 Å². The number of hydrogen-bond acceptors (Lipinski definition) is 3. The Kier molecular flexibility index (Phi) is 5.30. The first-order valence-electron chi connectivity index (χ1n) is 8.68. The molecule has 0 radical (unpaired) electrons. The van der Waals surface area contributed by atoms with Crippen LogP contribution < -0.4 is 5.32 Å². The molecule has 0 saturated heterocycles. The van der Waals surface area contributed by atoms with Gasteiger partial charge in [0.25, 0.3) is 0 Å². The molecule has 2 aromatic rings. The number of nitrogens with one attached hydrogen (secondary N) is 1. The highest BCUT2D eigenvalue weighted by Crippen LogP contribution is 2.23. The molecule has 1 amide bonds. The lowest BCUT2D eigenvalue weighted by atomic mass is 9.98. The van der Waals surface area contributed by atoms with Crippen LogP contribution in [0.1, 0.15) is 43.5 Å². The maximum Gasteiger partial charge on any atom is 0.250 e. The zero-order valence-corrected chi connectivity index (χ0v) is 14.4. The molecule has 24 heavy (non-hydrogen) atoms. The molecule has 5 heteroatoms. The lowest BCUT2D eigenvalue weighted by Crippen LogP contribution is -2.25. The summed E-state index contributed by atoms with van der Waals surface area (Å²) in [5, 5.41) is 7.51. The smallest absolute Gasteiger partial charge is 0.250 e. The van der Waals surface area contributed by atoms with Crippen LogP contribution in [0.15, 0.2) is 30.3 Å². The monoisotopic (exact) mass is 327 g/mol. The molecule has 1 aliphatic rings. The highest BCUT2D eigenvalue weighted by molar-refractivity contribution is 5.92. The minimum absolute atomic E-state index is 0.111. The number of amides is 1. The Morgan fingerprint density at radius 1 is 1.21 bits per heavy atom. The van der Waals surface area contributed by atoms with Crippen molar-refractivity contribution >= 4 is 11.6 Å². The molecular formula is C19H25N3O2. The van der Waals surface area contributed by atoms with Gasteiger partial charge in [-0.05, 0) is 38.8 Å². The predicted octanol–water partition coefficient (Wildman–Crippen LogP) is 3.78. The third-order valence-corrected chi connectivity index (χ3v) is 4.56. The molecule has 0 aliphatic heterocycles. The largest absolute Gasteiger partial charge is 0.368 e. The van der Waals surface area contributed by atoms with Gasteiger partial charge in [-0.2, -0.15) is 5.10 Å². The van der Waals surface area contributed by atoms with Crippen LogP contribution in [0, 0.1) is 13.8 Å². The fourth-order valence-corrected chi connectivity index (χ4v) is 3.25. The Morgan fingerprint density at radius 2 is 1.92 bits per heavy atom. The summed E-state index contributed by atoms with van der Waals surface area (Å²) in [4.78, 5) is 12.2. The van der Waals surface area contributed by atoms with Gasteiger partial charge in [0.15, 0.2) is 0 Å². The van der Waals surface area contributed by atoms with E-state index in [2.05, 4.69) is 10.4 Å². The molecule has 0 atom stereocenters. The number of rotatable bonds is 5. The Morgan fingerprint density at radius 3 is 2.62 bits per heavy atom. The van der Waals surface area contributed by atoms with E-state index in [1.54, 1.807) is 0 Å². The van der Waals surface area contributed by atoms with E-state index in [-0.39, 0.29) is 18.6 Å². The number of aromatic nitrogens is 2. The summed E-state index contributed by atoms with van der Waals surface area (Å²) in [7, 11) is 0. The van der Waals surface area contributed by atoms with Crippen molar-refractivity contribution in [1.29, 1.82) is 0 Å². The molecule has 0 bridgehead atoms. The van der Waals surface area contributed by atoms with Crippen molar-refractivity contribution in [3.05, 3.63) is 41.7 Å². The fraction of sp³-hybridized carbons (Fsp3) is 0.474. The van der Waals surface area contributed by atoms with Crippen molar-refractivity contribution < 1.29 is 9.53 Å². The molecule has 1 fully saturated rings. The SMILES string of the molecule is Cc1nn(-c2ccccc2)c(C)c1NC(=O)COC1CCCCC1. The second-order valence-electron chi connectivity index (χ2n) is 6.41. The molecule has 1 N–H and O–H groups in total. The highest BCUT2D eigenvalue weighted by atomic mass is 16.5. The molecule has 1 saturated carbocycles. The van der Waals surface area contributed by atoms with Crippen molar-refractivity contribution in [2.45, 2.75) is 52.1 Å². The van der Waals surface area contributed by atoms with E-state index >= 15 is 0 Å². The van der Waals surface area contributed by atoms with E-state index in [4.69, 9.17) is 4.74 Å². The van der Waals surface area contributed by atoms with Crippen LogP contribution in [0.4, 0.5) is 5.69 Å². The van der Waals surface area contributed by atoms with E-state index in [9.17, 15) is 4.79 Å². The van der Waals surface area contributed by atoms with Crippen molar-refractivity contribution in [1.82, 2.24) is 9.78 Å². The maximum atomic E-state index is 12.2. The first-order valence-corrected chi connectivity index (χ1v) is 8.68. The molecule has 3 rings (SSSR count). The second kappa shape index (κ2) is 7.62. The van der Waals surface area contributed by atoms with E-state index in [0.717, 1.165) is 35.6 Å². The minimum atomic E-state index is -0.112. The first kappa shape index (κ1) is 16.7. The van der Waals surface area contributed by atoms with E-state index in [1.807, 2.05) is 48.9 Å². The zero-order chi connectivity index (χ0) is 16.9. The van der Waals surface area contributed by atoms with Gasteiger partial charge < -0.3 is 10.1 Å². The Balaban J connectivity index is 1.64. The molecule has 128 valence electrons. The van der Waals surface area contributed by atoms with Crippen LogP contribution in [-0.4, -0.2) is 28.4 Å². The van der Waals surface area contributed by atoms with Crippen molar-refractivity contribution in [2.75, 3.05) is 11.9 Å². The Bertz CT molecular complexity index is 688. The molecule has 1 aromatic heterocycles. The number of anilines is 1. The summed E-state index contributed by atoms with van der Waals surface area (Å²) in [5.41, 5.74) is 3.49. The average Bonchev–Trinajstić information content (AvgIpc) is 2.90. The van der Waals surface area contributed by atoms with E-state index in [0.29, 0.717) is 0 Å². The number of para-hydroxylation sites is 1. The normalized spacial score (nSPS) is 15.4. The summed E-state index contributed by atoms with van der Waals surface area (Å²) in [6.07, 6.45) is 6.05. The number of aryl methyl sites for hydroxylation is 1. The number of carbonyl (C=O) groups is 1. The second-order valence-corrected chi connectivity index (χ2v) is 6.41. The zero-order valence-electron chi connectivity index (χ0n) is 14.4. The van der Waals surface area contributed by atoms with Gasteiger partial charge >= 0.3 is 0 Å². The van der Waals surface area contributed by atoms with Gasteiger partial charge in [0.05, 0.1) is 28.9 Å². The van der Waals surface area contributed by atoms with Gasteiger partial charge in [-0.15, -0.1) is 0 Å². The molecule has 0 spiro atoms. The van der Waals surface area contributed by atoms with Crippen LogP contribution in [0.25, 0.3) is 5.69 Å². The van der Waals surface area contributed by atoms with Gasteiger partial charge in [-0.1, -0.05) is 37.5 Å². The van der Waals surface area contributed by atoms with Gasteiger partial charge in [-0.3, -0.25) is 4.79 Å². The highest BCUT2D eigenvalue weighted by Gasteiger charge is 2.18. The third-order valence-electron chi connectivity index (χ3n) is 4.56. The van der Waals surface area contributed by atoms with Crippen LogP contribution in [0.2, 0.25) is 0 Å². The number of carbonyl (C=O) groups excluding carboxylic acids is 1. The van der Waals surface area contributed by atoms with E-state index < -0.39 is 0 Å². The summed E-state index contributed by atoms with van der Waals surface area (Å²) in [6, 6.07) is 9.92. The number of benzene rings is 1. The lowest BCUT2D eigenvalue weighted by molar-refractivity contribution is -0.123. The number of hydrogen-bond donors (Lipinski definition) is 1. The van der Waals surface area contributed by atoms with Crippen molar-refractivity contribution in [3.8, 4) is 5.69 Å². The molecule has 5 nitrogen and oxygen atoms in total. The standard InChI is InChI=1S/C19H25N3O2/c1-14-19(15(2)22(21-14)16-9-5-3-6-10-16)20-18(23)13-24-17-11-7-4-8-12-17/h3,5-6,9-10,17H,4,7-8,11-13H2,1-2H3,(H,20,23). The molecular weight excluding hydrogens is 302 g/mol. The van der Waals surface area contributed by atoms with Gasteiger partial charge in [0, 0.05) is 0 Å². The van der Waals surface area contributed by atoms with Crippen LogP contribution >= 0.6 is 0 Å². The van der Waals surface area contributed by atoms with E-state index in [1.165, 1.54) is 19.3 Å². The van der Waals surface area contributed by atoms with Crippen LogP contribution in [-0.2, 0) is 9.53 Å². The molecule has 1 heterocycles. The predicted molar refractivity (Wildman–Crippen MR) is 94.5 cm³/mol. The molecule has 1 aromatic carbocycles. The van der Waals surface area contributed by atoms with Gasteiger partial charge in [-0.25, -0.2) is 4.68 Å². The minimum Gasteiger partial charge on any atom is -0.368 e. The number of ether oxygens (including phenoxy) is 1. The van der Waals surface area contributed by atoms with Crippen molar-refractivity contribution in [3.63, 3.8) is 0 Å².